The predicted molar refractivity (Wildman–Crippen MR) is 76.7 cm³/mol. The minimum Gasteiger partial charge on any atom is -0.494 e. The standard InChI is InChI=1S/C15H16ClNO3/c16-14-9-8-13(20-14)11-17-15(18)7-4-10-19-12-5-2-1-3-6-12/h1-3,5-6,8-9H,4,7,10-11H2,(H,17,18). The summed E-state index contributed by atoms with van der Waals surface area (Å²) in [6, 6.07) is 12.9. The third kappa shape index (κ3) is 4.97. The van der Waals surface area contributed by atoms with Gasteiger partial charge in [0, 0.05) is 6.42 Å². The molecule has 0 aliphatic rings. The number of furan rings is 1. The summed E-state index contributed by atoms with van der Waals surface area (Å²) in [5.41, 5.74) is 0. The second kappa shape index (κ2) is 7.60. The molecule has 1 aromatic carbocycles. The molecule has 0 saturated carbocycles. The molecule has 0 spiro atoms. The van der Waals surface area contributed by atoms with Crippen LogP contribution in [0.15, 0.2) is 46.9 Å². The van der Waals surface area contributed by atoms with Gasteiger partial charge in [-0.05, 0) is 42.3 Å². The Balaban J connectivity index is 1.58. The molecule has 0 aliphatic carbocycles. The molecule has 1 amide bonds. The molecule has 0 atom stereocenters. The van der Waals surface area contributed by atoms with Gasteiger partial charge in [0.1, 0.15) is 11.5 Å². The van der Waals surface area contributed by atoms with E-state index >= 15 is 0 Å². The van der Waals surface area contributed by atoms with E-state index in [1.54, 1.807) is 12.1 Å². The van der Waals surface area contributed by atoms with Crippen LogP contribution in [0.1, 0.15) is 18.6 Å². The highest BCUT2D eigenvalue weighted by Crippen LogP contribution is 2.12. The van der Waals surface area contributed by atoms with Crippen LogP contribution in [0.25, 0.3) is 0 Å². The first-order chi connectivity index (χ1) is 9.74. The van der Waals surface area contributed by atoms with E-state index in [0.717, 1.165) is 5.75 Å². The first kappa shape index (κ1) is 14.5. The van der Waals surface area contributed by atoms with Crippen LogP contribution in [0.5, 0.6) is 5.75 Å². The normalized spacial score (nSPS) is 10.2. The number of benzene rings is 1. The number of rotatable bonds is 7. The number of nitrogens with one attached hydrogen (secondary N) is 1. The average molecular weight is 294 g/mol. The number of carbonyl (C=O) groups excluding carboxylic acids is 1. The van der Waals surface area contributed by atoms with Crippen molar-refractivity contribution in [3.8, 4) is 5.75 Å². The Labute approximate surface area is 122 Å². The number of carbonyl (C=O) groups is 1. The van der Waals surface area contributed by atoms with Crippen molar-refractivity contribution in [2.45, 2.75) is 19.4 Å². The first-order valence-electron chi connectivity index (χ1n) is 6.43. The minimum absolute atomic E-state index is 0.0332. The van der Waals surface area contributed by atoms with Gasteiger partial charge in [-0.2, -0.15) is 0 Å². The molecule has 0 fully saturated rings. The van der Waals surface area contributed by atoms with E-state index in [4.69, 9.17) is 20.8 Å². The summed E-state index contributed by atoms with van der Waals surface area (Å²) >= 11 is 5.64. The Morgan fingerprint density at radius 1 is 1.20 bits per heavy atom. The zero-order chi connectivity index (χ0) is 14.2. The van der Waals surface area contributed by atoms with E-state index in [-0.39, 0.29) is 5.91 Å². The largest absolute Gasteiger partial charge is 0.494 e. The maximum absolute atomic E-state index is 11.6. The van der Waals surface area contributed by atoms with Crippen molar-refractivity contribution in [1.29, 1.82) is 0 Å². The van der Waals surface area contributed by atoms with Gasteiger partial charge in [0.2, 0.25) is 5.91 Å². The first-order valence-corrected chi connectivity index (χ1v) is 6.80. The molecule has 4 nitrogen and oxygen atoms in total. The third-order valence-corrected chi connectivity index (χ3v) is 2.85. The van der Waals surface area contributed by atoms with Crippen LogP contribution >= 0.6 is 11.6 Å². The quantitative estimate of drug-likeness (QED) is 0.796. The summed E-state index contributed by atoms with van der Waals surface area (Å²) in [7, 11) is 0. The van der Waals surface area contributed by atoms with Crippen molar-refractivity contribution < 1.29 is 13.9 Å². The highest BCUT2D eigenvalue weighted by molar-refractivity contribution is 6.28. The number of ether oxygens (including phenoxy) is 1. The van der Waals surface area contributed by atoms with Gasteiger partial charge < -0.3 is 14.5 Å². The van der Waals surface area contributed by atoms with Crippen LogP contribution in [-0.4, -0.2) is 12.5 Å². The van der Waals surface area contributed by atoms with Crippen molar-refractivity contribution in [2.24, 2.45) is 0 Å². The van der Waals surface area contributed by atoms with Crippen LogP contribution in [0.4, 0.5) is 0 Å². The smallest absolute Gasteiger partial charge is 0.220 e. The second-order valence-corrected chi connectivity index (χ2v) is 4.62. The lowest BCUT2D eigenvalue weighted by molar-refractivity contribution is -0.121. The van der Waals surface area contributed by atoms with Crippen molar-refractivity contribution in [3.05, 3.63) is 53.4 Å². The fourth-order valence-corrected chi connectivity index (χ4v) is 1.82. The zero-order valence-electron chi connectivity index (χ0n) is 11.0. The molecular formula is C15H16ClNO3. The Morgan fingerprint density at radius 2 is 2.00 bits per heavy atom. The van der Waals surface area contributed by atoms with E-state index in [1.807, 2.05) is 30.3 Å². The van der Waals surface area contributed by atoms with Gasteiger partial charge in [-0.15, -0.1) is 0 Å². The van der Waals surface area contributed by atoms with Crippen molar-refractivity contribution >= 4 is 17.5 Å². The lowest BCUT2D eigenvalue weighted by Crippen LogP contribution is -2.22. The van der Waals surface area contributed by atoms with Crippen LogP contribution in [0, 0.1) is 0 Å². The summed E-state index contributed by atoms with van der Waals surface area (Å²) < 4.78 is 10.6. The van der Waals surface area contributed by atoms with Gasteiger partial charge in [-0.3, -0.25) is 4.79 Å². The molecule has 0 saturated heterocycles. The molecule has 2 rings (SSSR count). The van der Waals surface area contributed by atoms with Gasteiger partial charge >= 0.3 is 0 Å². The highest BCUT2D eigenvalue weighted by atomic mass is 35.5. The molecule has 2 aromatic rings. The van der Waals surface area contributed by atoms with Crippen molar-refractivity contribution in [2.75, 3.05) is 6.61 Å². The Morgan fingerprint density at radius 3 is 2.70 bits per heavy atom. The average Bonchev–Trinajstić information content (AvgIpc) is 2.88. The van der Waals surface area contributed by atoms with Gasteiger partial charge in [0.25, 0.3) is 0 Å². The maximum Gasteiger partial charge on any atom is 0.220 e. The summed E-state index contributed by atoms with van der Waals surface area (Å²) in [6.45, 7) is 0.870. The monoisotopic (exact) mass is 293 g/mol. The van der Waals surface area contributed by atoms with E-state index in [9.17, 15) is 4.79 Å². The van der Waals surface area contributed by atoms with Crippen molar-refractivity contribution in [3.63, 3.8) is 0 Å². The summed E-state index contributed by atoms with van der Waals surface area (Å²) in [5, 5.41) is 3.09. The SMILES string of the molecule is O=C(CCCOc1ccccc1)NCc1ccc(Cl)o1. The molecule has 1 heterocycles. The Kier molecular flexibility index (Phi) is 5.50. The fourth-order valence-electron chi connectivity index (χ4n) is 1.66. The second-order valence-electron chi connectivity index (χ2n) is 4.25. The molecule has 20 heavy (non-hydrogen) atoms. The molecule has 5 heteroatoms. The third-order valence-electron chi connectivity index (χ3n) is 2.65. The fraction of sp³-hybridized carbons (Fsp3) is 0.267. The lowest BCUT2D eigenvalue weighted by atomic mass is 10.3. The van der Waals surface area contributed by atoms with Crippen LogP contribution < -0.4 is 10.1 Å². The number of para-hydroxylation sites is 1. The summed E-state index contributed by atoms with van der Waals surface area (Å²) in [6.07, 6.45) is 1.08. The molecular weight excluding hydrogens is 278 g/mol. The number of amides is 1. The predicted octanol–water partition coefficient (Wildman–Crippen LogP) is 3.41. The van der Waals surface area contributed by atoms with E-state index in [1.165, 1.54) is 0 Å². The van der Waals surface area contributed by atoms with Gasteiger partial charge in [0.05, 0.1) is 13.2 Å². The Bertz CT molecular complexity index is 539. The summed E-state index contributed by atoms with van der Waals surface area (Å²) in [4.78, 5) is 11.6. The molecule has 1 N–H and O–H groups in total. The molecule has 0 bridgehead atoms. The van der Waals surface area contributed by atoms with Crippen molar-refractivity contribution in [1.82, 2.24) is 5.32 Å². The van der Waals surface area contributed by atoms with Gasteiger partial charge in [-0.1, -0.05) is 18.2 Å². The van der Waals surface area contributed by atoms with Gasteiger partial charge in [-0.25, -0.2) is 0 Å². The van der Waals surface area contributed by atoms with E-state index in [2.05, 4.69) is 5.32 Å². The molecule has 0 aliphatic heterocycles. The molecule has 0 unspecified atom stereocenters. The number of hydrogen-bond acceptors (Lipinski definition) is 3. The minimum atomic E-state index is -0.0332. The van der Waals surface area contributed by atoms with E-state index < -0.39 is 0 Å². The molecule has 1 aromatic heterocycles. The van der Waals surface area contributed by atoms with Crippen LogP contribution in [0.2, 0.25) is 5.22 Å². The number of hydrogen-bond donors (Lipinski definition) is 1. The number of halogens is 1. The summed E-state index contributed by atoms with van der Waals surface area (Å²) in [5.74, 6) is 1.43. The highest BCUT2D eigenvalue weighted by Gasteiger charge is 2.04. The molecule has 0 radical (unpaired) electrons. The Hall–Kier alpha value is -1.94. The lowest BCUT2D eigenvalue weighted by Gasteiger charge is -2.06. The van der Waals surface area contributed by atoms with Crippen LogP contribution in [-0.2, 0) is 11.3 Å². The van der Waals surface area contributed by atoms with Crippen LogP contribution in [0.3, 0.4) is 0 Å². The topological polar surface area (TPSA) is 51.5 Å². The van der Waals surface area contributed by atoms with E-state index in [0.29, 0.717) is 37.0 Å². The van der Waals surface area contributed by atoms with Gasteiger partial charge in [0.15, 0.2) is 5.22 Å². The zero-order valence-corrected chi connectivity index (χ0v) is 11.7. The maximum atomic E-state index is 11.6. The molecule has 106 valence electrons.